The van der Waals surface area contributed by atoms with Crippen LogP contribution in [0.2, 0.25) is 0 Å². The van der Waals surface area contributed by atoms with E-state index in [1.807, 2.05) is 53.2 Å². The number of aromatic nitrogens is 4. The molecule has 5 rings (SSSR count). The van der Waals surface area contributed by atoms with Gasteiger partial charge in [0.2, 0.25) is 0 Å². The van der Waals surface area contributed by atoms with Crippen molar-refractivity contribution in [3.05, 3.63) is 83.7 Å². The monoisotopic (exact) mass is 562 g/mol. The van der Waals surface area contributed by atoms with Gasteiger partial charge in [-0.15, -0.1) is 0 Å². The summed E-state index contributed by atoms with van der Waals surface area (Å²) in [5.74, 6) is 1.61. The van der Waals surface area contributed by atoms with Gasteiger partial charge >= 0.3 is 0 Å². The maximum Gasteiger partial charge on any atom is 0.148 e. The molecule has 1 aliphatic heterocycles. The second-order valence-corrected chi connectivity index (χ2v) is 12.1. The molecule has 0 saturated heterocycles. The second kappa shape index (κ2) is 12.0. The van der Waals surface area contributed by atoms with Gasteiger partial charge in [0.15, 0.2) is 0 Å². The van der Waals surface area contributed by atoms with Gasteiger partial charge in [-0.3, -0.25) is 9.52 Å². The van der Waals surface area contributed by atoms with Crippen LogP contribution < -0.4 is 10.6 Å². The van der Waals surface area contributed by atoms with E-state index in [1.54, 1.807) is 18.5 Å². The van der Waals surface area contributed by atoms with Crippen molar-refractivity contribution in [2.24, 2.45) is 0 Å². The molecule has 0 atom stereocenters. The molecule has 0 spiro atoms. The molecular formula is C28H34N8O3S. The number of benzene rings is 2. The van der Waals surface area contributed by atoms with Crippen molar-refractivity contribution in [1.29, 1.82) is 0 Å². The summed E-state index contributed by atoms with van der Waals surface area (Å²) >= 11 is 0. The fraction of sp³-hybridized carbons (Fsp3) is 0.321. The van der Waals surface area contributed by atoms with Crippen LogP contribution >= 0.6 is 0 Å². The van der Waals surface area contributed by atoms with Crippen LogP contribution in [0.15, 0.2) is 66.9 Å². The molecule has 12 heteroatoms. The highest BCUT2D eigenvalue weighted by Crippen LogP contribution is 2.29. The molecule has 40 heavy (non-hydrogen) atoms. The van der Waals surface area contributed by atoms with Gasteiger partial charge in [0, 0.05) is 42.5 Å². The van der Waals surface area contributed by atoms with E-state index in [2.05, 4.69) is 50.0 Å². The van der Waals surface area contributed by atoms with Crippen molar-refractivity contribution >= 4 is 38.3 Å². The van der Waals surface area contributed by atoms with Gasteiger partial charge in [-0.2, -0.15) is 5.10 Å². The average Bonchev–Trinajstić information content (AvgIpc) is 3.33. The van der Waals surface area contributed by atoms with Crippen LogP contribution in [0, 0.1) is 0 Å². The first kappa shape index (κ1) is 27.6. The molecule has 4 aromatic rings. The molecule has 3 heterocycles. The normalized spacial score (nSPS) is 13.4. The van der Waals surface area contributed by atoms with Crippen molar-refractivity contribution in [2.45, 2.75) is 13.1 Å². The van der Waals surface area contributed by atoms with Gasteiger partial charge in [0.05, 0.1) is 43.4 Å². The summed E-state index contributed by atoms with van der Waals surface area (Å²) in [6.07, 6.45) is 6.65. The number of hydroxylamine groups is 2. The number of hydrogen-bond acceptors (Lipinski definition) is 10. The van der Waals surface area contributed by atoms with Crippen molar-refractivity contribution < 1.29 is 13.3 Å². The van der Waals surface area contributed by atoms with Crippen LogP contribution in [0.25, 0.3) is 17.0 Å². The highest BCUT2D eigenvalue weighted by atomic mass is 32.2. The maximum atomic E-state index is 11.5. The Morgan fingerprint density at radius 1 is 1.10 bits per heavy atom. The van der Waals surface area contributed by atoms with Gasteiger partial charge in [-0.25, -0.2) is 23.4 Å². The van der Waals surface area contributed by atoms with Crippen LogP contribution in [0.4, 0.5) is 11.5 Å². The molecule has 0 bridgehead atoms. The van der Waals surface area contributed by atoms with Gasteiger partial charge in [0.25, 0.3) is 0 Å². The lowest BCUT2D eigenvalue weighted by Gasteiger charge is -2.30. The van der Waals surface area contributed by atoms with Crippen LogP contribution in [-0.4, -0.2) is 83.9 Å². The molecule has 11 nitrogen and oxygen atoms in total. The van der Waals surface area contributed by atoms with Gasteiger partial charge < -0.3 is 15.5 Å². The summed E-state index contributed by atoms with van der Waals surface area (Å²) in [4.78, 5) is 16.6. The van der Waals surface area contributed by atoms with Crippen LogP contribution in [0.5, 0.6) is 0 Å². The van der Waals surface area contributed by atoms with E-state index in [1.165, 1.54) is 11.8 Å². The van der Waals surface area contributed by atoms with E-state index in [9.17, 15) is 8.42 Å². The predicted octanol–water partition coefficient (Wildman–Crippen LogP) is 2.86. The van der Waals surface area contributed by atoms with Crippen LogP contribution in [-0.2, 0) is 27.8 Å². The second-order valence-electron chi connectivity index (χ2n) is 9.88. The van der Waals surface area contributed by atoms with Crippen molar-refractivity contribution in [3.63, 3.8) is 0 Å². The molecule has 0 fully saturated rings. The Morgan fingerprint density at radius 3 is 2.70 bits per heavy atom. The van der Waals surface area contributed by atoms with E-state index >= 15 is 0 Å². The number of nitrogens with zero attached hydrogens (tertiary/aromatic N) is 6. The number of fused-ring (bicyclic) bond motifs is 2. The average molecular weight is 563 g/mol. The topological polar surface area (TPSA) is 118 Å². The molecular weight excluding hydrogens is 528 g/mol. The minimum atomic E-state index is -2.99. The fourth-order valence-corrected chi connectivity index (χ4v) is 5.18. The minimum Gasteiger partial charge on any atom is -0.369 e. The number of sulfone groups is 1. The molecule has 1 aliphatic rings. The Kier molecular flexibility index (Phi) is 8.29. The van der Waals surface area contributed by atoms with Gasteiger partial charge in [-0.1, -0.05) is 30.3 Å². The highest BCUT2D eigenvalue weighted by Gasteiger charge is 2.22. The number of anilines is 2. The first-order valence-electron chi connectivity index (χ1n) is 13.0. The van der Waals surface area contributed by atoms with Crippen LogP contribution in [0.1, 0.15) is 16.8 Å². The van der Waals surface area contributed by atoms with Crippen molar-refractivity contribution in [2.75, 3.05) is 51.1 Å². The smallest absolute Gasteiger partial charge is 0.148 e. The first-order valence-corrected chi connectivity index (χ1v) is 15.1. The molecule has 0 aliphatic carbocycles. The van der Waals surface area contributed by atoms with Gasteiger partial charge in [0.1, 0.15) is 27.8 Å². The zero-order chi connectivity index (χ0) is 28.1. The van der Waals surface area contributed by atoms with Crippen molar-refractivity contribution in [1.82, 2.24) is 35.0 Å². The minimum absolute atomic E-state index is 0.135. The highest BCUT2D eigenvalue weighted by molar-refractivity contribution is 7.90. The third-order valence-electron chi connectivity index (χ3n) is 6.75. The summed E-state index contributed by atoms with van der Waals surface area (Å²) in [6, 6.07) is 16.4. The number of rotatable bonds is 12. The summed E-state index contributed by atoms with van der Waals surface area (Å²) in [5, 5.41) is 14.2. The van der Waals surface area contributed by atoms with Crippen LogP contribution in [0.3, 0.4) is 0 Å². The number of nitrogens with one attached hydrogen (secondary N) is 2. The lowest BCUT2D eigenvalue weighted by molar-refractivity contribution is -0.114. The lowest BCUT2D eigenvalue weighted by Crippen LogP contribution is -2.38. The SMILES string of the molecule is CON1Cc2ncnc(Nc3ccc4c(cnn4Cc4ccccc4)c3)c2C=C1NCCN(C)CCS(C)(=O)=O. The maximum absolute atomic E-state index is 11.5. The summed E-state index contributed by atoms with van der Waals surface area (Å²) in [7, 11) is 0.531. The zero-order valence-electron chi connectivity index (χ0n) is 22.9. The molecule has 0 saturated carbocycles. The molecule has 0 amide bonds. The number of likely N-dealkylation sites (N-methyl/N-ethyl adjacent to an activating group) is 1. The van der Waals surface area contributed by atoms with Crippen molar-refractivity contribution in [3.8, 4) is 0 Å². The molecule has 2 N–H and O–H groups in total. The quantitative estimate of drug-likeness (QED) is 0.267. The van der Waals surface area contributed by atoms with E-state index < -0.39 is 9.84 Å². The third kappa shape index (κ3) is 6.76. The summed E-state index contributed by atoms with van der Waals surface area (Å²) < 4.78 is 24.9. The summed E-state index contributed by atoms with van der Waals surface area (Å²) in [6.45, 7) is 2.93. The van der Waals surface area contributed by atoms with E-state index in [-0.39, 0.29) is 5.75 Å². The Balaban J connectivity index is 1.30. The lowest BCUT2D eigenvalue weighted by atomic mass is 10.1. The third-order valence-corrected chi connectivity index (χ3v) is 7.68. The molecule has 2 aromatic heterocycles. The Hall–Kier alpha value is -4.00. The standard InChI is InChI=1S/C28H34N8O3S/c1-34(13-14-40(3,37)38)12-11-29-27-16-24-25(19-36(27)39-2)30-20-31-28(24)33-23-9-10-26-22(15-23)17-32-35(26)18-21-7-5-4-6-8-21/h4-10,15-17,20,29H,11-14,18-19H2,1-3H3,(H,30,31,33). The fourth-order valence-electron chi connectivity index (χ4n) is 4.53. The Labute approximate surface area is 234 Å². The predicted molar refractivity (Wildman–Crippen MR) is 156 cm³/mol. The Bertz CT molecular complexity index is 1600. The number of hydrogen-bond donors (Lipinski definition) is 2. The molecule has 210 valence electrons. The van der Waals surface area contributed by atoms with E-state index in [4.69, 9.17) is 4.84 Å². The first-order chi connectivity index (χ1) is 19.3. The molecule has 0 radical (unpaired) electrons. The summed E-state index contributed by atoms with van der Waals surface area (Å²) in [5.41, 5.74) is 4.87. The van der Waals surface area contributed by atoms with E-state index in [0.717, 1.165) is 33.7 Å². The Morgan fingerprint density at radius 2 is 1.93 bits per heavy atom. The van der Waals surface area contributed by atoms with E-state index in [0.29, 0.717) is 38.5 Å². The van der Waals surface area contributed by atoms with Gasteiger partial charge in [-0.05, 0) is 36.9 Å². The molecule has 2 aromatic carbocycles. The largest absolute Gasteiger partial charge is 0.369 e. The molecule has 0 unspecified atom stereocenters. The zero-order valence-corrected chi connectivity index (χ0v) is 23.7.